The standard InChI is InChI=1S/C36H39BrN2O7Si/c1-23-21-39(34(42)38-33(23)41)30-20-36(25-16-18-26(37)19-17-25)32(45-30)31(44-24(2)40)29(46-36)22-43-47(35(3,4)5,27-12-8-6-9-13-27)28-14-10-7-11-15-28/h6-19,21,29-32H,20,22H2,1-5H3,(H,38,41,42)/t29-,30+,31-,32-,36+/m1/s1. The van der Waals surface area contributed by atoms with Crippen molar-refractivity contribution in [2.45, 2.75) is 76.2 Å². The van der Waals surface area contributed by atoms with Crippen LogP contribution in [0.25, 0.3) is 0 Å². The van der Waals surface area contributed by atoms with Crippen molar-refractivity contribution in [3.63, 3.8) is 0 Å². The number of H-pyrrole nitrogens is 1. The lowest BCUT2D eigenvalue weighted by molar-refractivity contribution is -0.159. The van der Waals surface area contributed by atoms with Crippen molar-refractivity contribution < 1.29 is 23.4 Å². The van der Waals surface area contributed by atoms with E-state index in [4.69, 9.17) is 18.6 Å². The molecule has 0 spiro atoms. The number of carbonyl (C=O) groups is 1. The number of rotatable bonds is 8. The number of hydrogen-bond acceptors (Lipinski definition) is 7. The van der Waals surface area contributed by atoms with Gasteiger partial charge in [-0.3, -0.25) is 19.1 Å². The number of esters is 1. The fourth-order valence-electron chi connectivity index (χ4n) is 7.17. The smallest absolute Gasteiger partial charge is 0.330 e. The first-order valence-electron chi connectivity index (χ1n) is 15.7. The van der Waals surface area contributed by atoms with Gasteiger partial charge in [-0.05, 0) is 40.0 Å². The van der Waals surface area contributed by atoms with Crippen LogP contribution >= 0.6 is 15.9 Å². The van der Waals surface area contributed by atoms with E-state index >= 15 is 0 Å². The summed E-state index contributed by atoms with van der Waals surface area (Å²) >= 11 is 3.53. The second-order valence-corrected chi connectivity index (χ2v) is 18.5. The summed E-state index contributed by atoms with van der Waals surface area (Å²) in [6, 6.07) is 28.3. The van der Waals surface area contributed by atoms with Crippen LogP contribution in [0.4, 0.5) is 0 Å². The minimum Gasteiger partial charge on any atom is -0.457 e. The molecule has 246 valence electrons. The van der Waals surface area contributed by atoms with Crippen molar-refractivity contribution in [3.05, 3.63) is 128 Å². The summed E-state index contributed by atoms with van der Waals surface area (Å²) in [5.41, 5.74) is -0.952. The molecule has 4 aromatic rings. The van der Waals surface area contributed by atoms with Crippen molar-refractivity contribution in [1.29, 1.82) is 0 Å². The molecule has 9 nitrogen and oxygen atoms in total. The van der Waals surface area contributed by atoms with Crippen LogP contribution in [0.1, 0.15) is 51.5 Å². The highest BCUT2D eigenvalue weighted by molar-refractivity contribution is 9.10. The minimum atomic E-state index is -2.97. The third-order valence-electron chi connectivity index (χ3n) is 9.24. The second kappa shape index (κ2) is 12.8. The normalized spacial score (nSPS) is 24.2. The van der Waals surface area contributed by atoms with Crippen molar-refractivity contribution in [2.24, 2.45) is 0 Å². The molecule has 0 unspecified atom stereocenters. The molecule has 2 fully saturated rings. The van der Waals surface area contributed by atoms with E-state index in [1.807, 2.05) is 60.7 Å². The van der Waals surface area contributed by atoms with Crippen LogP contribution in [0.2, 0.25) is 5.04 Å². The lowest BCUT2D eigenvalue weighted by atomic mass is 9.86. The monoisotopic (exact) mass is 718 g/mol. The first-order valence-corrected chi connectivity index (χ1v) is 18.4. The second-order valence-electron chi connectivity index (χ2n) is 13.3. The van der Waals surface area contributed by atoms with Gasteiger partial charge in [0.15, 0.2) is 6.10 Å². The maximum atomic E-state index is 13.0. The van der Waals surface area contributed by atoms with Gasteiger partial charge in [-0.1, -0.05) is 109 Å². The molecular formula is C36H39BrN2O7Si. The number of nitrogens with one attached hydrogen (secondary N) is 1. The molecule has 3 aromatic carbocycles. The largest absolute Gasteiger partial charge is 0.457 e. The Balaban J connectivity index is 1.43. The van der Waals surface area contributed by atoms with Crippen LogP contribution in [0, 0.1) is 6.92 Å². The predicted molar refractivity (Wildman–Crippen MR) is 184 cm³/mol. The van der Waals surface area contributed by atoms with E-state index < -0.39 is 55.7 Å². The molecule has 0 saturated carbocycles. The molecule has 47 heavy (non-hydrogen) atoms. The summed E-state index contributed by atoms with van der Waals surface area (Å²) < 4.78 is 29.2. The number of carbonyl (C=O) groups excluding carboxylic acids is 1. The molecule has 2 aliphatic heterocycles. The summed E-state index contributed by atoms with van der Waals surface area (Å²) in [5, 5.41) is 1.95. The van der Waals surface area contributed by atoms with E-state index in [0.717, 1.165) is 20.4 Å². The average Bonchev–Trinajstić information content (AvgIpc) is 3.54. The number of fused-ring (bicyclic) bond motifs is 1. The SMILES string of the molecule is CC(=O)O[C@H]1[C@H]2O[C@H](n3cc(C)c(=O)[nH]c3=O)C[C@@]2(c2ccc(Br)cc2)O[C@@H]1CO[Si](c1ccccc1)(c1ccccc1)C(C)(C)C. The molecule has 0 bridgehead atoms. The van der Waals surface area contributed by atoms with Gasteiger partial charge < -0.3 is 18.6 Å². The van der Waals surface area contributed by atoms with E-state index in [0.29, 0.717) is 5.56 Å². The maximum Gasteiger partial charge on any atom is 0.330 e. The highest BCUT2D eigenvalue weighted by Gasteiger charge is 2.64. The fraction of sp³-hybridized carbons (Fsp3) is 0.361. The van der Waals surface area contributed by atoms with Gasteiger partial charge in [-0.15, -0.1) is 0 Å². The number of nitrogens with zero attached hydrogens (tertiary/aromatic N) is 1. The molecule has 0 aliphatic carbocycles. The number of aromatic amines is 1. The third-order valence-corrected chi connectivity index (χ3v) is 14.8. The molecule has 1 N–H and O–H groups in total. The summed E-state index contributed by atoms with van der Waals surface area (Å²) in [6.45, 7) is 9.73. The third kappa shape index (κ3) is 6.00. The Bertz CT molecular complexity index is 1820. The summed E-state index contributed by atoms with van der Waals surface area (Å²) in [4.78, 5) is 40.1. The Hall–Kier alpha value is -3.61. The predicted octanol–water partition coefficient (Wildman–Crippen LogP) is 4.70. The molecule has 5 atom stereocenters. The zero-order valence-corrected chi connectivity index (χ0v) is 29.7. The summed E-state index contributed by atoms with van der Waals surface area (Å²) in [7, 11) is -2.97. The van der Waals surface area contributed by atoms with Gasteiger partial charge >= 0.3 is 11.7 Å². The molecule has 11 heteroatoms. The van der Waals surface area contributed by atoms with E-state index in [1.165, 1.54) is 17.7 Å². The van der Waals surface area contributed by atoms with Gasteiger partial charge in [0.2, 0.25) is 0 Å². The van der Waals surface area contributed by atoms with Gasteiger partial charge in [0.25, 0.3) is 13.9 Å². The number of aryl methyl sites for hydroxylation is 1. The van der Waals surface area contributed by atoms with E-state index in [9.17, 15) is 14.4 Å². The van der Waals surface area contributed by atoms with Gasteiger partial charge in [-0.25, -0.2) is 4.79 Å². The summed E-state index contributed by atoms with van der Waals surface area (Å²) in [5.74, 6) is -0.482. The zero-order chi connectivity index (χ0) is 33.6. The molecule has 6 rings (SSSR count). The van der Waals surface area contributed by atoms with Gasteiger partial charge in [-0.2, -0.15) is 0 Å². The lowest BCUT2D eigenvalue weighted by Crippen LogP contribution is -2.67. The van der Waals surface area contributed by atoms with Crippen molar-refractivity contribution in [3.8, 4) is 0 Å². The molecule has 1 aromatic heterocycles. The molecule has 2 saturated heterocycles. The molecule has 0 radical (unpaired) electrons. The van der Waals surface area contributed by atoms with Crippen molar-refractivity contribution in [2.75, 3.05) is 6.61 Å². The number of ether oxygens (including phenoxy) is 3. The first-order chi connectivity index (χ1) is 22.4. The fourth-order valence-corrected chi connectivity index (χ4v) is 12.0. The van der Waals surface area contributed by atoms with Gasteiger partial charge in [0.05, 0.1) is 6.61 Å². The molecular weight excluding hydrogens is 680 g/mol. The topological polar surface area (TPSA) is 109 Å². The van der Waals surface area contributed by atoms with Crippen molar-refractivity contribution >= 4 is 40.6 Å². The van der Waals surface area contributed by atoms with E-state index in [2.05, 4.69) is 66.0 Å². The van der Waals surface area contributed by atoms with Crippen LogP contribution in [0.5, 0.6) is 0 Å². The lowest BCUT2D eigenvalue weighted by Gasteiger charge is -2.43. The summed E-state index contributed by atoms with van der Waals surface area (Å²) in [6.07, 6.45) is -1.37. The van der Waals surface area contributed by atoms with Crippen LogP contribution in [0.15, 0.2) is 105 Å². The van der Waals surface area contributed by atoms with Gasteiger partial charge in [0, 0.05) is 29.6 Å². The van der Waals surface area contributed by atoms with E-state index in [1.54, 1.807) is 6.92 Å². The Kier molecular flexibility index (Phi) is 9.05. The Morgan fingerprint density at radius 1 is 1.00 bits per heavy atom. The highest BCUT2D eigenvalue weighted by Crippen LogP contribution is 2.54. The molecule has 3 heterocycles. The van der Waals surface area contributed by atoms with Crippen LogP contribution in [-0.4, -0.2) is 48.8 Å². The molecule has 0 amide bonds. The first kappa shape index (κ1) is 33.3. The number of aromatic nitrogens is 2. The number of benzene rings is 3. The number of halogens is 1. The highest BCUT2D eigenvalue weighted by atomic mass is 79.9. The van der Waals surface area contributed by atoms with E-state index in [-0.39, 0.29) is 18.1 Å². The van der Waals surface area contributed by atoms with Gasteiger partial charge in [0.1, 0.15) is 24.0 Å². The maximum absolute atomic E-state index is 13.0. The van der Waals surface area contributed by atoms with Crippen LogP contribution in [0.3, 0.4) is 0 Å². The minimum absolute atomic E-state index is 0.131. The van der Waals surface area contributed by atoms with Crippen LogP contribution < -0.4 is 21.6 Å². The van der Waals surface area contributed by atoms with Crippen molar-refractivity contribution in [1.82, 2.24) is 9.55 Å². The Morgan fingerprint density at radius 2 is 1.60 bits per heavy atom. The Labute approximate surface area is 283 Å². The average molecular weight is 720 g/mol. The Morgan fingerprint density at radius 3 is 2.15 bits per heavy atom. The number of hydrogen-bond donors (Lipinski definition) is 1. The van der Waals surface area contributed by atoms with Crippen LogP contribution in [-0.2, 0) is 29.0 Å². The quantitative estimate of drug-likeness (QED) is 0.208. The zero-order valence-electron chi connectivity index (χ0n) is 27.1. The molecule has 2 aliphatic rings.